The Labute approximate surface area is 130 Å². The maximum absolute atomic E-state index is 12.1. The number of morpholine rings is 1. The van der Waals surface area contributed by atoms with Crippen molar-refractivity contribution >= 4 is 23.7 Å². The molecule has 3 amide bonds. The van der Waals surface area contributed by atoms with Crippen molar-refractivity contribution in [3.63, 3.8) is 0 Å². The van der Waals surface area contributed by atoms with E-state index in [-0.39, 0.29) is 24.6 Å². The second-order valence-electron chi connectivity index (χ2n) is 5.33. The third-order valence-corrected chi connectivity index (χ3v) is 4.28. The molecule has 122 valence electrons. The number of hydrogen-bond acceptors (Lipinski definition) is 5. The molecule has 0 spiro atoms. The molecule has 1 saturated heterocycles. The minimum atomic E-state index is -0.367. The molecule has 0 unspecified atom stereocenters. The average Bonchev–Trinajstić information content (AvgIpc) is 2.43. The first kappa shape index (κ1) is 18.1. The molecule has 0 bridgehead atoms. The molecular formula is C13H26N4O3S. The van der Waals surface area contributed by atoms with Crippen LogP contribution in [0, 0.1) is 0 Å². The Hall–Kier alpha value is -0.990. The van der Waals surface area contributed by atoms with Crippen LogP contribution >= 0.6 is 11.8 Å². The molecule has 0 aromatic carbocycles. The van der Waals surface area contributed by atoms with Gasteiger partial charge in [0.1, 0.15) is 0 Å². The van der Waals surface area contributed by atoms with Crippen molar-refractivity contribution in [3.05, 3.63) is 0 Å². The van der Waals surface area contributed by atoms with Gasteiger partial charge in [-0.3, -0.25) is 9.69 Å². The molecule has 21 heavy (non-hydrogen) atoms. The van der Waals surface area contributed by atoms with Gasteiger partial charge >= 0.3 is 6.03 Å². The molecule has 0 saturated carbocycles. The molecule has 8 heteroatoms. The van der Waals surface area contributed by atoms with E-state index in [1.54, 1.807) is 16.7 Å². The molecule has 1 aliphatic heterocycles. The zero-order valence-corrected chi connectivity index (χ0v) is 13.8. The Bertz CT molecular complexity index is 356. The van der Waals surface area contributed by atoms with Gasteiger partial charge in [0.05, 0.1) is 19.3 Å². The van der Waals surface area contributed by atoms with Gasteiger partial charge in [-0.2, -0.15) is 11.8 Å². The second-order valence-corrected chi connectivity index (χ2v) is 6.61. The standard InChI is InChI=1S/C13H26N4O3S/c1-10(21-3)6-15-13(19)17-4-5-20-11(8-17)7-16(2)9-12(14)18/h10-11H,4-9H2,1-3H3,(H2,14,18)(H,15,19)/t10-,11-/m0/s1. The fraction of sp³-hybridized carbons (Fsp3) is 0.846. The Morgan fingerprint density at radius 3 is 2.90 bits per heavy atom. The predicted octanol–water partition coefficient (Wildman–Crippen LogP) is -0.435. The van der Waals surface area contributed by atoms with Crippen molar-refractivity contribution in [1.82, 2.24) is 15.1 Å². The van der Waals surface area contributed by atoms with Crippen LogP contribution in [0.3, 0.4) is 0 Å². The Morgan fingerprint density at radius 1 is 1.57 bits per heavy atom. The lowest BCUT2D eigenvalue weighted by molar-refractivity contribution is -0.119. The van der Waals surface area contributed by atoms with Crippen LogP contribution < -0.4 is 11.1 Å². The highest BCUT2D eigenvalue weighted by Gasteiger charge is 2.25. The van der Waals surface area contributed by atoms with E-state index in [0.29, 0.717) is 38.0 Å². The summed E-state index contributed by atoms with van der Waals surface area (Å²) in [7, 11) is 1.81. The third kappa shape index (κ3) is 7.01. The van der Waals surface area contributed by atoms with E-state index < -0.39 is 0 Å². The monoisotopic (exact) mass is 318 g/mol. The van der Waals surface area contributed by atoms with Crippen LogP contribution in [0.5, 0.6) is 0 Å². The summed E-state index contributed by atoms with van der Waals surface area (Å²) >= 11 is 1.72. The number of nitrogens with zero attached hydrogens (tertiary/aromatic N) is 2. The summed E-state index contributed by atoms with van der Waals surface area (Å²) in [5.41, 5.74) is 5.16. The number of rotatable bonds is 7. The number of ether oxygens (including phenoxy) is 1. The van der Waals surface area contributed by atoms with Crippen molar-refractivity contribution in [1.29, 1.82) is 0 Å². The van der Waals surface area contributed by atoms with E-state index in [4.69, 9.17) is 10.5 Å². The largest absolute Gasteiger partial charge is 0.373 e. The maximum Gasteiger partial charge on any atom is 0.317 e. The van der Waals surface area contributed by atoms with Gasteiger partial charge in [-0.1, -0.05) is 6.92 Å². The second kappa shape index (κ2) is 9.11. The molecule has 7 nitrogen and oxygen atoms in total. The summed E-state index contributed by atoms with van der Waals surface area (Å²) in [6, 6.07) is -0.0539. The number of urea groups is 1. The van der Waals surface area contributed by atoms with Crippen molar-refractivity contribution in [3.8, 4) is 0 Å². The zero-order valence-electron chi connectivity index (χ0n) is 13.0. The number of carbonyl (C=O) groups is 2. The minimum absolute atomic E-state index is 0.0539. The normalized spacial score (nSPS) is 20.4. The number of nitrogens with two attached hydrogens (primary N) is 1. The Kier molecular flexibility index (Phi) is 7.84. The molecule has 0 aromatic rings. The number of nitrogens with one attached hydrogen (secondary N) is 1. The van der Waals surface area contributed by atoms with Crippen LogP contribution in [0.1, 0.15) is 6.92 Å². The number of primary amides is 1. The summed E-state index contributed by atoms with van der Waals surface area (Å²) in [5.74, 6) is -0.367. The number of hydrogen-bond donors (Lipinski definition) is 2. The summed E-state index contributed by atoms with van der Waals surface area (Å²) in [5, 5.41) is 3.33. The predicted molar refractivity (Wildman–Crippen MR) is 84.4 cm³/mol. The van der Waals surface area contributed by atoms with Crippen LogP contribution in [-0.2, 0) is 9.53 Å². The smallest absolute Gasteiger partial charge is 0.317 e. The SMILES string of the molecule is CS[C@@H](C)CNC(=O)N1CCO[C@@H](CN(C)CC(N)=O)C1. The van der Waals surface area contributed by atoms with Gasteiger partial charge in [0.15, 0.2) is 0 Å². The van der Waals surface area contributed by atoms with Crippen molar-refractivity contribution in [2.75, 3.05) is 52.6 Å². The first-order valence-corrected chi connectivity index (χ1v) is 8.35. The minimum Gasteiger partial charge on any atom is -0.373 e. The van der Waals surface area contributed by atoms with Crippen LogP contribution in [0.4, 0.5) is 4.79 Å². The quantitative estimate of drug-likeness (QED) is 0.665. The third-order valence-electron chi connectivity index (χ3n) is 3.31. The van der Waals surface area contributed by atoms with Crippen molar-refractivity contribution in [2.45, 2.75) is 18.3 Å². The Balaban J connectivity index is 2.37. The fourth-order valence-corrected chi connectivity index (χ4v) is 2.37. The highest BCUT2D eigenvalue weighted by Crippen LogP contribution is 2.08. The molecule has 0 aliphatic carbocycles. The molecule has 0 radical (unpaired) electrons. The molecule has 1 rings (SSSR count). The molecule has 3 N–H and O–H groups in total. The lowest BCUT2D eigenvalue weighted by Crippen LogP contribution is -2.53. The lowest BCUT2D eigenvalue weighted by atomic mass is 10.2. The van der Waals surface area contributed by atoms with E-state index in [1.165, 1.54) is 0 Å². The van der Waals surface area contributed by atoms with Gasteiger partial charge in [0.25, 0.3) is 0 Å². The average molecular weight is 318 g/mol. The first-order chi connectivity index (χ1) is 9.92. The number of carbonyl (C=O) groups excluding carboxylic acids is 2. The summed E-state index contributed by atoms with van der Waals surface area (Å²) < 4.78 is 5.64. The summed E-state index contributed by atoms with van der Waals surface area (Å²) in [4.78, 5) is 26.5. The van der Waals surface area contributed by atoms with E-state index in [9.17, 15) is 9.59 Å². The van der Waals surface area contributed by atoms with Gasteiger partial charge in [0.2, 0.25) is 5.91 Å². The van der Waals surface area contributed by atoms with Gasteiger partial charge in [0, 0.05) is 31.4 Å². The molecular weight excluding hydrogens is 292 g/mol. The van der Waals surface area contributed by atoms with Gasteiger partial charge in [-0.15, -0.1) is 0 Å². The summed E-state index contributed by atoms with van der Waals surface area (Å²) in [6.07, 6.45) is 1.93. The zero-order chi connectivity index (χ0) is 15.8. The first-order valence-electron chi connectivity index (χ1n) is 7.06. The van der Waals surface area contributed by atoms with Crippen molar-refractivity contribution < 1.29 is 14.3 Å². The molecule has 1 fully saturated rings. The van der Waals surface area contributed by atoms with Crippen molar-refractivity contribution in [2.24, 2.45) is 5.73 Å². The van der Waals surface area contributed by atoms with Gasteiger partial charge < -0.3 is 20.7 Å². The van der Waals surface area contributed by atoms with Gasteiger partial charge in [-0.05, 0) is 13.3 Å². The van der Waals surface area contributed by atoms with E-state index in [2.05, 4.69) is 12.2 Å². The maximum atomic E-state index is 12.1. The molecule has 1 aliphatic rings. The summed E-state index contributed by atoms with van der Waals surface area (Å²) in [6.45, 7) is 5.14. The topological polar surface area (TPSA) is 87.9 Å². The van der Waals surface area contributed by atoms with E-state index in [0.717, 1.165) is 0 Å². The Morgan fingerprint density at radius 2 is 2.29 bits per heavy atom. The lowest BCUT2D eigenvalue weighted by Gasteiger charge is -2.34. The van der Waals surface area contributed by atoms with Crippen LogP contribution in [0.15, 0.2) is 0 Å². The fourth-order valence-electron chi connectivity index (χ4n) is 2.12. The molecule has 0 aromatic heterocycles. The van der Waals surface area contributed by atoms with E-state index in [1.807, 2.05) is 18.2 Å². The highest BCUT2D eigenvalue weighted by atomic mass is 32.2. The van der Waals surface area contributed by atoms with Crippen LogP contribution in [0.2, 0.25) is 0 Å². The van der Waals surface area contributed by atoms with E-state index >= 15 is 0 Å². The van der Waals surface area contributed by atoms with Crippen LogP contribution in [0.25, 0.3) is 0 Å². The number of thioether (sulfide) groups is 1. The molecule has 1 heterocycles. The van der Waals surface area contributed by atoms with Gasteiger partial charge in [-0.25, -0.2) is 4.79 Å². The number of amides is 3. The van der Waals surface area contributed by atoms with Crippen LogP contribution in [-0.4, -0.2) is 85.7 Å². The highest BCUT2D eigenvalue weighted by molar-refractivity contribution is 7.99. The number of likely N-dealkylation sites (N-methyl/N-ethyl adjacent to an activating group) is 1. The molecule has 2 atom stereocenters.